The number of rotatable bonds is 4. The van der Waals surface area contributed by atoms with Crippen molar-refractivity contribution in [2.75, 3.05) is 10.6 Å². The molecule has 1 aliphatic rings. The molecule has 2 aromatic heterocycles. The number of nitrogens with two attached hydrogens (primary N) is 1. The number of hydrogen-bond acceptors (Lipinski definition) is 5. The van der Waals surface area contributed by atoms with Crippen LogP contribution in [0.5, 0.6) is 0 Å². The zero-order chi connectivity index (χ0) is 12.5. The molecule has 2 heterocycles. The Labute approximate surface area is 114 Å². The second kappa shape index (κ2) is 4.74. The lowest BCUT2D eigenvalue weighted by atomic mass is 10.3. The predicted octanol–water partition coefficient (Wildman–Crippen LogP) is 2.94. The van der Waals surface area contributed by atoms with E-state index in [1.165, 1.54) is 24.0 Å². The maximum Gasteiger partial charge on any atom is 0.157 e. The molecule has 0 atom stereocenters. The molecule has 6 heteroatoms. The second-order valence-electron chi connectivity index (χ2n) is 4.34. The SMILES string of the molecule is Nc1c(Cl)ncnc1N(Cc1cccs1)C1CC1. The van der Waals surface area contributed by atoms with Crippen LogP contribution < -0.4 is 10.6 Å². The summed E-state index contributed by atoms with van der Waals surface area (Å²) in [6, 6.07) is 4.71. The molecule has 4 nitrogen and oxygen atoms in total. The number of halogens is 1. The summed E-state index contributed by atoms with van der Waals surface area (Å²) < 4.78 is 0. The molecular weight excluding hydrogens is 268 g/mol. The van der Waals surface area contributed by atoms with E-state index in [0.29, 0.717) is 16.9 Å². The standard InChI is InChI=1S/C12H13ClN4S/c13-11-10(14)12(16-7-15-11)17(8-3-4-8)6-9-2-1-5-18-9/h1-2,5,7-8H,3-4,6,14H2. The monoisotopic (exact) mass is 280 g/mol. The van der Waals surface area contributed by atoms with Crippen molar-refractivity contribution in [3.8, 4) is 0 Å². The first-order chi connectivity index (χ1) is 8.75. The van der Waals surface area contributed by atoms with E-state index in [2.05, 4.69) is 32.4 Å². The lowest BCUT2D eigenvalue weighted by Crippen LogP contribution is -2.26. The van der Waals surface area contributed by atoms with Gasteiger partial charge >= 0.3 is 0 Å². The van der Waals surface area contributed by atoms with Crippen LogP contribution in [0.15, 0.2) is 23.8 Å². The fourth-order valence-corrected chi connectivity index (χ4v) is 2.76. The lowest BCUT2D eigenvalue weighted by Gasteiger charge is -2.24. The molecule has 0 bridgehead atoms. The van der Waals surface area contributed by atoms with Crippen molar-refractivity contribution in [3.05, 3.63) is 33.9 Å². The molecule has 2 aromatic rings. The van der Waals surface area contributed by atoms with Crippen molar-refractivity contribution in [2.45, 2.75) is 25.4 Å². The number of nitrogen functional groups attached to an aromatic ring is 1. The van der Waals surface area contributed by atoms with E-state index in [4.69, 9.17) is 17.3 Å². The van der Waals surface area contributed by atoms with Gasteiger partial charge in [-0.15, -0.1) is 11.3 Å². The Morgan fingerprint density at radius 2 is 2.28 bits per heavy atom. The number of hydrogen-bond donors (Lipinski definition) is 1. The predicted molar refractivity (Wildman–Crippen MR) is 75.0 cm³/mol. The van der Waals surface area contributed by atoms with Crippen LogP contribution in [-0.2, 0) is 6.54 Å². The highest BCUT2D eigenvalue weighted by molar-refractivity contribution is 7.09. The van der Waals surface area contributed by atoms with Crippen LogP contribution in [0.3, 0.4) is 0 Å². The molecule has 0 unspecified atom stereocenters. The van der Waals surface area contributed by atoms with Gasteiger partial charge in [0.25, 0.3) is 0 Å². The van der Waals surface area contributed by atoms with Gasteiger partial charge in [-0.05, 0) is 24.3 Å². The highest BCUT2D eigenvalue weighted by Gasteiger charge is 2.31. The number of aromatic nitrogens is 2. The number of nitrogens with zero attached hydrogens (tertiary/aromatic N) is 3. The molecule has 0 aromatic carbocycles. The zero-order valence-electron chi connectivity index (χ0n) is 9.71. The normalized spacial score (nSPS) is 14.7. The molecule has 0 saturated heterocycles. The van der Waals surface area contributed by atoms with Gasteiger partial charge in [0, 0.05) is 10.9 Å². The van der Waals surface area contributed by atoms with E-state index in [0.717, 1.165) is 12.4 Å². The average molecular weight is 281 g/mol. The molecule has 1 aliphatic carbocycles. The summed E-state index contributed by atoms with van der Waals surface area (Å²) in [5.41, 5.74) is 6.46. The van der Waals surface area contributed by atoms with Crippen molar-refractivity contribution < 1.29 is 0 Å². The smallest absolute Gasteiger partial charge is 0.157 e. The number of anilines is 2. The van der Waals surface area contributed by atoms with Crippen LogP contribution in [0.4, 0.5) is 11.5 Å². The Bertz CT molecular complexity index is 539. The summed E-state index contributed by atoms with van der Waals surface area (Å²) in [5.74, 6) is 0.755. The van der Waals surface area contributed by atoms with E-state index in [9.17, 15) is 0 Å². The van der Waals surface area contributed by atoms with Gasteiger partial charge in [0.1, 0.15) is 12.0 Å². The van der Waals surface area contributed by atoms with Gasteiger partial charge in [0.05, 0.1) is 6.54 Å². The van der Waals surface area contributed by atoms with E-state index in [-0.39, 0.29) is 0 Å². The molecule has 0 aliphatic heterocycles. The van der Waals surface area contributed by atoms with Crippen LogP contribution in [0.25, 0.3) is 0 Å². The third-order valence-corrected chi connectivity index (χ3v) is 4.14. The lowest BCUT2D eigenvalue weighted by molar-refractivity contribution is 0.785. The van der Waals surface area contributed by atoms with Gasteiger partial charge in [-0.1, -0.05) is 17.7 Å². The van der Waals surface area contributed by atoms with Crippen LogP contribution >= 0.6 is 22.9 Å². The van der Waals surface area contributed by atoms with Gasteiger partial charge < -0.3 is 10.6 Å². The molecule has 94 valence electrons. The summed E-state index contributed by atoms with van der Waals surface area (Å²) in [5, 5.41) is 2.41. The fourth-order valence-electron chi connectivity index (χ4n) is 1.93. The molecular formula is C12H13ClN4S. The highest BCUT2D eigenvalue weighted by Crippen LogP contribution is 2.36. The van der Waals surface area contributed by atoms with E-state index in [1.807, 2.05) is 0 Å². The van der Waals surface area contributed by atoms with Crippen molar-refractivity contribution in [3.63, 3.8) is 0 Å². The maximum atomic E-state index is 5.98. The van der Waals surface area contributed by atoms with Crippen molar-refractivity contribution in [1.82, 2.24) is 9.97 Å². The molecule has 3 rings (SSSR count). The van der Waals surface area contributed by atoms with Gasteiger partial charge in [-0.25, -0.2) is 9.97 Å². The topological polar surface area (TPSA) is 55.0 Å². The molecule has 2 N–H and O–H groups in total. The first-order valence-electron chi connectivity index (χ1n) is 5.80. The minimum Gasteiger partial charge on any atom is -0.393 e. The molecule has 1 fully saturated rings. The Hall–Kier alpha value is -1.33. The maximum absolute atomic E-state index is 5.98. The molecule has 18 heavy (non-hydrogen) atoms. The highest BCUT2D eigenvalue weighted by atomic mass is 35.5. The first kappa shape index (κ1) is 11.7. The molecule has 1 saturated carbocycles. The van der Waals surface area contributed by atoms with Gasteiger partial charge in [0.2, 0.25) is 0 Å². The van der Waals surface area contributed by atoms with Crippen LogP contribution in [-0.4, -0.2) is 16.0 Å². The Kier molecular flexibility index (Phi) is 3.09. The van der Waals surface area contributed by atoms with Gasteiger partial charge in [0.15, 0.2) is 11.0 Å². The second-order valence-corrected chi connectivity index (χ2v) is 5.73. The van der Waals surface area contributed by atoms with Crippen molar-refractivity contribution >= 4 is 34.4 Å². The number of thiophene rings is 1. The summed E-state index contributed by atoms with van der Waals surface area (Å²) in [4.78, 5) is 11.7. The van der Waals surface area contributed by atoms with E-state index < -0.39 is 0 Å². The van der Waals surface area contributed by atoms with Crippen LogP contribution in [0.1, 0.15) is 17.7 Å². The van der Waals surface area contributed by atoms with Gasteiger partial charge in [-0.3, -0.25) is 0 Å². The largest absolute Gasteiger partial charge is 0.393 e. The van der Waals surface area contributed by atoms with E-state index >= 15 is 0 Å². The quantitative estimate of drug-likeness (QED) is 0.875. The Morgan fingerprint density at radius 3 is 2.94 bits per heavy atom. The Balaban J connectivity index is 1.91. The van der Waals surface area contributed by atoms with Crippen LogP contribution in [0.2, 0.25) is 5.15 Å². The molecule has 0 spiro atoms. The fraction of sp³-hybridized carbons (Fsp3) is 0.333. The molecule has 0 amide bonds. The Morgan fingerprint density at radius 1 is 1.44 bits per heavy atom. The van der Waals surface area contributed by atoms with Gasteiger partial charge in [-0.2, -0.15) is 0 Å². The minimum absolute atomic E-state index is 0.330. The third kappa shape index (κ3) is 2.28. The summed E-state index contributed by atoms with van der Waals surface area (Å²) in [6.45, 7) is 0.833. The third-order valence-electron chi connectivity index (χ3n) is 2.98. The first-order valence-corrected chi connectivity index (χ1v) is 7.06. The summed E-state index contributed by atoms with van der Waals surface area (Å²) in [6.07, 6.45) is 3.84. The van der Waals surface area contributed by atoms with Crippen molar-refractivity contribution in [2.24, 2.45) is 0 Å². The van der Waals surface area contributed by atoms with E-state index in [1.54, 1.807) is 11.3 Å². The summed E-state index contributed by atoms with van der Waals surface area (Å²) >= 11 is 7.71. The zero-order valence-corrected chi connectivity index (χ0v) is 11.3. The minimum atomic E-state index is 0.330. The molecule has 0 radical (unpaired) electrons. The summed E-state index contributed by atoms with van der Waals surface area (Å²) in [7, 11) is 0. The van der Waals surface area contributed by atoms with Crippen LogP contribution in [0, 0.1) is 0 Å². The average Bonchev–Trinajstić information content (AvgIpc) is 3.08. The van der Waals surface area contributed by atoms with Crippen molar-refractivity contribution in [1.29, 1.82) is 0 Å².